The van der Waals surface area contributed by atoms with Crippen LogP contribution in [0.5, 0.6) is 0 Å². The molecular weight excluding hydrogens is 278 g/mol. The molecule has 2 aliphatic rings. The van der Waals surface area contributed by atoms with E-state index >= 15 is 0 Å². The number of imide groups is 1. The Morgan fingerprint density at radius 2 is 1.76 bits per heavy atom. The lowest BCUT2D eigenvalue weighted by molar-refractivity contribution is 0.0599. The van der Waals surface area contributed by atoms with Crippen LogP contribution in [-0.4, -0.2) is 36.3 Å². The van der Waals surface area contributed by atoms with Crippen molar-refractivity contribution in [1.82, 2.24) is 10.2 Å². The van der Waals surface area contributed by atoms with Gasteiger partial charge in [-0.15, -0.1) is 0 Å². The summed E-state index contributed by atoms with van der Waals surface area (Å²) in [4.78, 5) is 25.6. The average Bonchev–Trinajstić information content (AvgIpc) is 2.67. The van der Waals surface area contributed by atoms with Crippen LogP contribution in [0.1, 0.15) is 34.1 Å². The molecule has 1 saturated heterocycles. The van der Waals surface area contributed by atoms with Gasteiger partial charge in [-0.1, -0.05) is 6.92 Å². The zero-order chi connectivity index (χ0) is 15.1. The van der Waals surface area contributed by atoms with Gasteiger partial charge in [-0.3, -0.25) is 14.5 Å². The number of carbonyl (C=O) groups is 2. The van der Waals surface area contributed by atoms with Crippen molar-refractivity contribution in [3.8, 4) is 0 Å². The first-order valence-electron chi connectivity index (χ1n) is 7.05. The van der Waals surface area contributed by atoms with Crippen molar-refractivity contribution in [1.29, 1.82) is 0 Å². The van der Waals surface area contributed by atoms with Crippen molar-refractivity contribution in [2.45, 2.75) is 13.3 Å². The summed E-state index contributed by atoms with van der Waals surface area (Å²) < 4.78 is 26.5. The van der Waals surface area contributed by atoms with Gasteiger partial charge in [0.25, 0.3) is 11.8 Å². The predicted molar refractivity (Wildman–Crippen MR) is 71.9 cm³/mol. The van der Waals surface area contributed by atoms with Crippen LogP contribution in [-0.2, 0) is 0 Å². The number of nitrogens with one attached hydrogen (secondary N) is 1. The monoisotopic (exact) mass is 294 g/mol. The van der Waals surface area contributed by atoms with Crippen LogP contribution in [0, 0.1) is 23.5 Å². The summed E-state index contributed by atoms with van der Waals surface area (Å²) in [5, 5.41) is 3.26. The van der Waals surface area contributed by atoms with E-state index in [0.29, 0.717) is 12.5 Å². The first-order valence-corrected chi connectivity index (χ1v) is 7.05. The maximum absolute atomic E-state index is 13.3. The molecule has 1 N–H and O–H groups in total. The number of rotatable bonds is 2. The zero-order valence-electron chi connectivity index (χ0n) is 11.7. The second-order valence-corrected chi connectivity index (χ2v) is 5.76. The van der Waals surface area contributed by atoms with Crippen LogP contribution >= 0.6 is 0 Å². The second kappa shape index (κ2) is 5.18. The minimum Gasteiger partial charge on any atom is -0.316 e. The van der Waals surface area contributed by atoms with Gasteiger partial charge < -0.3 is 5.32 Å². The molecular formula is C15H16F2N2O2. The molecule has 2 unspecified atom stereocenters. The number of carbonyl (C=O) groups excluding carboxylic acids is 2. The molecule has 2 atom stereocenters. The highest BCUT2D eigenvalue weighted by molar-refractivity contribution is 6.21. The summed E-state index contributed by atoms with van der Waals surface area (Å²) in [5.41, 5.74) is -0.0824. The van der Waals surface area contributed by atoms with Crippen LogP contribution < -0.4 is 5.32 Å². The molecule has 2 aliphatic heterocycles. The number of hydrogen-bond donors (Lipinski definition) is 1. The molecule has 0 spiro atoms. The molecule has 0 radical (unpaired) electrons. The Balaban J connectivity index is 1.86. The summed E-state index contributed by atoms with van der Waals surface area (Å²) in [7, 11) is 0. The van der Waals surface area contributed by atoms with Crippen LogP contribution in [0.4, 0.5) is 8.78 Å². The molecule has 2 amide bonds. The lowest BCUT2D eigenvalue weighted by Crippen LogP contribution is -2.43. The molecule has 0 saturated carbocycles. The molecule has 0 bridgehead atoms. The average molecular weight is 294 g/mol. The molecule has 1 fully saturated rings. The lowest BCUT2D eigenvalue weighted by atomic mass is 9.87. The molecule has 1 aromatic rings. The van der Waals surface area contributed by atoms with Gasteiger partial charge in [-0.2, -0.15) is 0 Å². The Morgan fingerprint density at radius 1 is 1.19 bits per heavy atom. The number of halogens is 2. The number of fused-ring (bicyclic) bond motifs is 1. The fourth-order valence-electron chi connectivity index (χ4n) is 3.02. The van der Waals surface area contributed by atoms with Crippen LogP contribution in [0.15, 0.2) is 12.1 Å². The second-order valence-electron chi connectivity index (χ2n) is 5.76. The first-order chi connectivity index (χ1) is 9.99. The summed E-state index contributed by atoms with van der Waals surface area (Å²) in [5.74, 6) is -2.71. The fourth-order valence-corrected chi connectivity index (χ4v) is 3.02. The van der Waals surface area contributed by atoms with E-state index in [2.05, 4.69) is 12.2 Å². The van der Waals surface area contributed by atoms with Gasteiger partial charge in [0.15, 0.2) is 11.6 Å². The molecule has 2 heterocycles. The van der Waals surface area contributed by atoms with E-state index in [1.54, 1.807) is 0 Å². The van der Waals surface area contributed by atoms with Crippen molar-refractivity contribution >= 4 is 11.8 Å². The quantitative estimate of drug-likeness (QED) is 0.846. The van der Waals surface area contributed by atoms with Gasteiger partial charge in [0.2, 0.25) is 0 Å². The van der Waals surface area contributed by atoms with Gasteiger partial charge in [0.05, 0.1) is 11.1 Å². The number of amides is 2. The third-order valence-corrected chi connectivity index (χ3v) is 4.39. The van der Waals surface area contributed by atoms with Gasteiger partial charge in [-0.25, -0.2) is 8.78 Å². The first kappa shape index (κ1) is 14.1. The standard InChI is InChI=1S/C15H16F2N2O2/c1-8-6-18-3-2-9(8)7-19-14(20)10-4-12(16)13(17)5-11(10)15(19)21/h4-5,8-9,18H,2-3,6-7H2,1H3. The molecule has 21 heavy (non-hydrogen) atoms. The maximum Gasteiger partial charge on any atom is 0.261 e. The van der Waals surface area contributed by atoms with Crippen molar-refractivity contribution in [2.24, 2.45) is 11.8 Å². The highest BCUT2D eigenvalue weighted by Gasteiger charge is 2.38. The van der Waals surface area contributed by atoms with Crippen molar-refractivity contribution in [3.63, 3.8) is 0 Å². The largest absolute Gasteiger partial charge is 0.316 e. The summed E-state index contributed by atoms with van der Waals surface area (Å²) in [6.07, 6.45) is 0.872. The van der Waals surface area contributed by atoms with Crippen LogP contribution in [0.3, 0.4) is 0 Å². The zero-order valence-corrected chi connectivity index (χ0v) is 11.7. The number of hydrogen-bond acceptors (Lipinski definition) is 3. The lowest BCUT2D eigenvalue weighted by Gasteiger charge is -2.31. The van der Waals surface area contributed by atoms with Gasteiger partial charge >= 0.3 is 0 Å². The molecule has 1 aromatic carbocycles. The summed E-state index contributed by atoms with van der Waals surface area (Å²) >= 11 is 0. The molecule has 112 valence electrons. The number of nitrogens with zero attached hydrogens (tertiary/aromatic N) is 1. The third-order valence-electron chi connectivity index (χ3n) is 4.39. The Kier molecular flexibility index (Phi) is 3.49. The minimum atomic E-state index is -1.10. The highest BCUT2D eigenvalue weighted by atomic mass is 19.2. The van der Waals surface area contributed by atoms with Crippen molar-refractivity contribution in [3.05, 3.63) is 34.9 Å². The molecule has 6 heteroatoms. The number of piperidine rings is 1. The minimum absolute atomic E-state index is 0.0412. The molecule has 4 nitrogen and oxygen atoms in total. The predicted octanol–water partition coefficient (Wildman–Crippen LogP) is 1.81. The SMILES string of the molecule is CC1CNCCC1CN1C(=O)c2cc(F)c(F)cc2C1=O. The Hall–Kier alpha value is -1.82. The van der Waals surface area contributed by atoms with E-state index in [0.717, 1.165) is 36.5 Å². The normalized spacial score (nSPS) is 25.4. The topological polar surface area (TPSA) is 49.4 Å². The molecule has 0 aromatic heterocycles. The van der Waals surface area contributed by atoms with E-state index in [1.807, 2.05) is 0 Å². The van der Waals surface area contributed by atoms with Gasteiger partial charge in [-0.05, 0) is 43.5 Å². The van der Waals surface area contributed by atoms with Gasteiger partial charge in [0.1, 0.15) is 0 Å². The van der Waals surface area contributed by atoms with E-state index < -0.39 is 23.4 Å². The Labute approximate surface area is 121 Å². The number of benzene rings is 1. The van der Waals surface area contributed by atoms with Crippen molar-refractivity contribution in [2.75, 3.05) is 19.6 Å². The summed E-state index contributed by atoms with van der Waals surface area (Å²) in [6, 6.07) is 1.63. The van der Waals surface area contributed by atoms with E-state index in [1.165, 1.54) is 0 Å². The maximum atomic E-state index is 13.3. The van der Waals surface area contributed by atoms with E-state index in [9.17, 15) is 18.4 Å². The Morgan fingerprint density at radius 3 is 2.29 bits per heavy atom. The van der Waals surface area contributed by atoms with E-state index in [4.69, 9.17) is 0 Å². The highest BCUT2D eigenvalue weighted by Crippen LogP contribution is 2.28. The van der Waals surface area contributed by atoms with E-state index in [-0.39, 0.29) is 17.0 Å². The third kappa shape index (κ3) is 2.33. The van der Waals surface area contributed by atoms with Crippen molar-refractivity contribution < 1.29 is 18.4 Å². The smallest absolute Gasteiger partial charge is 0.261 e. The molecule has 0 aliphatic carbocycles. The summed E-state index contributed by atoms with van der Waals surface area (Å²) in [6.45, 7) is 4.06. The fraction of sp³-hybridized carbons (Fsp3) is 0.467. The van der Waals surface area contributed by atoms with Gasteiger partial charge in [0, 0.05) is 6.54 Å². The van der Waals surface area contributed by atoms with Crippen LogP contribution in [0.25, 0.3) is 0 Å². The van der Waals surface area contributed by atoms with Crippen LogP contribution in [0.2, 0.25) is 0 Å². The Bertz CT molecular complexity index is 577. The molecule has 3 rings (SSSR count).